The van der Waals surface area contributed by atoms with Crippen LogP contribution in [0, 0.1) is 13.8 Å². The van der Waals surface area contributed by atoms with Gasteiger partial charge in [-0.05, 0) is 51.0 Å². The third kappa shape index (κ3) is 3.57. The van der Waals surface area contributed by atoms with E-state index in [0.717, 1.165) is 11.1 Å². The first-order valence-electron chi connectivity index (χ1n) is 5.44. The lowest BCUT2D eigenvalue weighted by atomic mass is 10.1. The predicted molar refractivity (Wildman–Crippen MR) is 62.6 cm³/mol. The zero-order chi connectivity index (χ0) is 12.1. The summed E-state index contributed by atoms with van der Waals surface area (Å²) in [7, 11) is 0. The van der Waals surface area contributed by atoms with Gasteiger partial charge in [-0.1, -0.05) is 6.07 Å². The number of aryl methyl sites for hydroxylation is 2. The molecular weight excluding hydrogens is 204 g/mol. The smallest absolute Gasteiger partial charge is 0.347 e. The van der Waals surface area contributed by atoms with Crippen molar-refractivity contribution in [3.63, 3.8) is 0 Å². The second kappa shape index (κ2) is 5.54. The number of carbonyl (C=O) groups excluding carboxylic acids is 1. The molecule has 0 bridgehead atoms. The van der Waals surface area contributed by atoms with Gasteiger partial charge in [0.15, 0.2) is 6.10 Å². The van der Waals surface area contributed by atoms with Crippen LogP contribution in [-0.4, -0.2) is 18.7 Å². The molecule has 0 saturated heterocycles. The molecule has 0 radical (unpaired) electrons. The fourth-order valence-electron chi connectivity index (χ4n) is 1.51. The van der Waals surface area contributed by atoms with Gasteiger partial charge in [-0.2, -0.15) is 0 Å². The second-order valence-corrected chi connectivity index (χ2v) is 3.84. The molecule has 0 spiro atoms. The van der Waals surface area contributed by atoms with Crippen LogP contribution in [0.1, 0.15) is 25.0 Å². The van der Waals surface area contributed by atoms with Gasteiger partial charge in [0, 0.05) is 0 Å². The summed E-state index contributed by atoms with van der Waals surface area (Å²) in [6.07, 6.45) is -0.568. The Labute approximate surface area is 96.4 Å². The third-order valence-electron chi connectivity index (χ3n) is 2.13. The number of benzene rings is 1. The Hall–Kier alpha value is -1.51. The standard InChI is InChI=1S/C13H18O3/c1-5-15-13(14)11(4)16-12-7-9(2)6-10(3)8-12/h6-8,11H,5H2,1-4H3. The Kier molecular flexibility index (Phi) is 4.35. The molecule has 1 unspecified atom stereocenters. The molecule has 0 aliphatic rings. The Bertz CT molecular complexity index is 351. The van der Waals surface area contributed by atoms with Crippen LogP contribution in [0.5, 0.6) is 5.75 Å². The first-order chi connectivity index (χ1) is 7.52. The van der Waals surface area contributed by atoms with Gasteiger partial charge < -0.3 is 9.47 Å². The topological polar surface area (TPSA) is 35.5 Å². The molecule has 3 nitrogen and oxygen atoms in total. The number of ether oxygens (including phenoxy) is 2. The lowest BCUT2D eigenvalue weighted by Crippen LogP contribution is -2.26. The molecule has 1 rings (SSSR count). The predicted octanol–water partition coefficient (Wildman–Crippen LogP) is 2.63. The van der Waals surface area contributed by atoms with E-state index in [4.69, 9.17) is 9.47 Å². The van der Waals surface area contributed by atoms with Gasteiger partial charge in [-0.3, -0.25) is 0 Å². The Morgan fingerprint density at radius 2 is 1.81 bits per heavy atom. The van der Waals surface area contributed by atoms with E-state index >= 15 is 0 Å². The molecule has 0 aromatic heterocycles. The minimum Gasteiger partial charge on any atom is -0.479 e. The molecule has 0 heterocycles. The van der Waals surface area contributed by atoms with Crippen molar-refractivity contribution in [2.45, 2.75) is 33.8 Å². The molecule has 1 aromatic carbocycles. The van der Waals surface area contributed by atoms with Gasteiger partial charge in [-0.15, -0.1) is 0 Å². The molecule has 16 heavy (non-hydrogen) atoms. The van der Waals surface area contributed by atoms with E-state index in [2.05, 4.69) is 6.07 Å². The Morgan fingerprint density at radius 3 is 2.31 bits per heavy atom. The highest BCUT2D eigenvalue weighted by Crippen LogP contribution is 2.17. The number of hydrogen-bond donors (Lipinski definition) is 0. The maximum atomic E-state index is 11.4. The highest BCUT2D eigenvalue weighted by molar-refractivity contribution is 5.74. The molecule has 0 aliphatic carbocycles. The maximum absolute atomic E-state index is 11.4. The number of esters is 1. The third-order valence-corrected chi connectivity index (χ3v) is 2.13. The van der Waals surface area contributed by atoms with Crippen LogP contribution in [0.4, 0.5) is 0 Å². The number of hydrogen-bond acceptors (Lipinski definition) is 3. The van der Waals surface area contributed by atoms with Crippen molar-refractivity contribution in [1.29, 1.82) is 0 Å². The van der Waals surface area contributed by atoms with Crippen molar-refractivity contribution in [2.24, 2.45) is 0 Å². The summed E-state index contributed by atoms with van der Waals surface area (Å²) in [6, 6.07) is 5.87. The van der Waals surface area contributed by atoms with Crippen molar-refractivity contribution >= 4 is 5.97 Å². The van der Waals surface area contributed by atoms with Crippen LogP contribution >= 0.6 is 0 Å². The molecule has 1 aromatic rings. The Balaban J connectivity index is 2.69. The highest BCUT2D eigenvalue weighted by atomic mass is 16.6. The van der Waals surface area contributed by atoms with Crippen molar-refractivity contribution in [3.8, 4) is 5.75 Å². The van der Waals surface area contributed by atoms with Gasteiger partial charge in [0.25, 0.3) is 0 Å². The lowest BCUT2D eigenvalue weighted by Gasteiger charge is -2.14. The normalized spacial score (nSPS) is 12.0. The first-order valence-corrected chi connectivity index (χ1v) is 5.44. The average molecular weight is 222 g/mol. The van der Waals surface area contributed by atoms with Crippen LogP contribution in [0.15, 0.2) is 18.2 Å². The van der Waals surface area contributed by atoms with Gasteiger partial charge in [0.1, 0.15) is 5.75 Å². The summed E-state index contributed by atoms with van der Waals surface area (Å²) in [5.74, 6) is 0.375. The fraction of sp³-hybridized carbons (Fsp3) is 0.462. The molecule has 0 aliphatic heterocycles. The zero-order valence-corrected chi connectivity index (χ0v) is 10.2. The van der Waals surface area contributed by atoms with Gasteiger partial charge in [-0.25, -0.2) is 4.79 Å². The highest BCUT2D eigenvalue weighted by Gasteiger charge is 2.15. The van der Waals surface area contributed by atoms with Gasteiger partial charge in [0.05, 0.1) is 6.61 Å². The summed E-state index contributed by atoms with van der Waals surface area (Å²) in [5.41, 5.74) is 2.23. The number of carbonyl (C=O) groups is 1. The Morgan fingerprint density at radius 1 is 1.25 bits per heavy atom. The maximum Gasteiger partial charge on any atom is 0.347 e. The van der Waals surface area contributed by atoms with Gasteiger partial charge in [0.2, 0.25) is 0 Å². The largest absolute Gasteiger partial charge is 0.479 e. The SMILES string of the molecule is CCOC(=O)C(C)Oc1cc(C)cc(C)c1. The molecule has 0 fully saturated rings. The summed E-state index contributed by atoms with van der Waals surface area (Å²) < 4.78 is 10.4. The molecule has 3 heteroatoms. The number of rotatable bonds is 4. The second-order valence-electron chi connectivity index (χ2n) is 3.84. The lowest BCUT2D eigenvalue weighted by molar-refractivity contribution is -0.150. The van der Waals surface area contributed by atoms with E-state index in [-0.39, 0.29) is 5.97 Å². The van der Waals surface area contributed by atoms with Crippen LogP contribution in [-0.2, 0) is 9.53 Å². The molecule has 0 N–H and O–H groups in total. The fourth-order valence-corrected chi connectivity index (χ4v) is 1.51. The van der Waals surface area contributed by atoms with Crippen molar-refractivity contribution in [3.05, 3.63) is 29.3 Å². The van der Waals surface area contributed by atoms with Crippen molar-refractivity contribution < 1.29 is 14.3 Å². The quantitative estimate of drug-likeness (QED) is 0.735. The molecule has 0 amide bonds. The average Bonchev–Trinajstić information content (AvgIpc) is 2.16. The van der Waals surface area contributed by atoms with Gasteiger partial charge >= 0.3 is 5.97 Å². The summed E-state index contributed by atoms with van der Waals surface area (Å²) in [5, 5.41) is 0. The van der Waals surface area contributed by atoms with E-state index in [1.165, 1.54) is 0 Å². The molecular formula is C13H18O3. The van der Waals surface area contributed by atoms with E-state index in [1.54, 1.807) is 13.8 Å². The summed E-state index contributed by atoms with van der Waals surface area (Å²) in [4.78, 5) is 11.4. The molecule has 0 saturated carbocycles. The first kappa shape index (κ1) is 12.6. The van der Waals surface area contributed by atoms with Crippen molar-refractivity contribution in [2.75, 3.05) is 6.61 Å². The van der Waals surface area contributed by atoms with Crippen LogP contribution in [0.2, 0.25) is 0 Å². The van der Waals surface area contributed by atoms with E-state index in [1.807, 2.05) is 26.0 Å². The van der Waals surface area contributed by atoms with Crippen LogP contribution in [0.25, 0.3) is 0 Å². The summed E-state index contributed by atoms with van der Waals surface area (Å²) in [6.45, 7) is 7.83. The zero-order valence-electron chi connectivity index (χ0n) is 10.2. The van der Waals surface area contributed by atoms with Crippen molar-refractivity contribution in [1.82, 2.24) is 0 Å². The molecule has 88 valence electrons. The monoisotopic (exact) mass is 222 g/mol. The summed E-state index contributed by atoms with van der Waals surface area (Å²) >= 11 is 0. The van der Waals surface area contributed by atoms with E-state index in [0.29, 0.717) is 12.4 Å². The minimum absolute atomic E-state index is 0.332. The minimum atomic E-state index is -0.568. The van der Waals surface area contributed by atoms with E-state index in [9.17, 15) is 4.79 Å². The van der Waals surface area contributed by atoms with E-state index < -0.39 is 6.10 Å². The van der Waals surface area contributed by atoms with Crippen LogP contribution < -0.4 is 4.74 Å². The molecule has 1 atom stereocenters. The van der Waals surface area contributed by atoms with Crippen LogP contribution in [0.3, 0.4) is 0 Å².